The summed E-state index contributed by atoms with van der Waals surface area (Å²) in [6.07, 6.45) is 5.54. The van der Waals surface area contributed by atoms with Crippen molar-refractivity contribution >= 4 is 17.8 Å². The number of hydrogen-bond donors (Lipinski definition) is 2. The molecule has 4 rings (SSSR count). The summed E-state index contributed by atoms with van der Waals surface area (Å²) in [5.41, 5.74) is 0.953. The predicted octanol–water partition coefficient (Wildman–Crippen LogP) is 2.71. The molecule has 2 aliphatic carbocycles. The lowest BCUT2D eigenvalue weighted by Gasteiger charge is -2.35. The second-order valence-corrected chi connectivity index (χ2v) is 8.68. The molecule has 150 valence electrons. The van der Waals surface area contributed by atoms with E-state index in [1.807, 2.05) is 24.3 Å². The number of rotatable bonds is 3. The highest BCUT2D eigenvalue weighted by Gasteiger charge is 2.54. The first-order chi connectivity index (χ1) is 13.4. The van der Waals surface area contributed by atoms with Gasteiger partial charge in [0.1, 0.15) is 12.1 Å². The zero-order chi connectivity index (χ0) is 19.9. The fourth-order valence-corrected chi connectivity index (χ4v) is 5.14. The maximum atomic E-state index is 13.3. The fourth-order valence-electron chi connectivity index (χ4n) is 5.14. The van der Waals surface area contributed by atoms with Crippen molar-refractivity contribution in [3.63, 3.8) is 0 Å². The summed E-state index contributed by atoms with van der Waals surface area (Å²) in [7, 11) is 0. The third kappa shape index (κ3) is 3.09. The minimum atomic E-state index is -1.02. The summed E-state index contributed by atoms with van der Waals surface area (Å²) in [5, 5.41) is 5.97. The summed E-state index contributed by atoms with van der Waals surface area (Å²) < 4.78 is 0. The maximum absolute atomic E-state index is 13.3. The van der Waals surface area contributed by atoms with Crippen LogP contribution < -0.4 is 10.6 Å². The number of aryl methyl sites for hydroxylation is 1. The molecule has 1 spiro atoms. The van der Waals surface area contributed by atoms with E-state index in [0.717, 1.165) is 41.7 Å². The van der Waals surface area contributed by atoms with Crippen LogP contribution in [-0.2, 0) is 21.5 Å². The van der Waals surface area contributed by atoms with Crippen LogP contribution in [0.1, 0.15) is 57.1 Å². The van der Waals surface area contributed by atoms with Crippen molar-refractivity contribution < 1.29 is 14.4 Å². The van der Waals surface area contributed by atoms with Gasteiger partial charge in [-0.05, 0) is 48.6 Å². The Hall–Kier alpha value is -2.37. The Morgan fingerprint density at radius 3 is 2.82 bits per heavy atom. The second-order valence-electron chi connectivity index (χ2n) is 8.68. The van der Waals surface area contributed by atoms with Gasteiger partial charge in [-0.15, -0.1) is 0 Å². The van der Waals surface area contributed by atoms with Crippen LogP contribution in [0.25, 0.3) is 0 Å². The molecule has 0 bridgehead atoms. The van der Waals surface area contributed by atoms with E-state index in [0.29, 0.717) is 18.3 Å². The first-order valence-corrected chi connectivity index (χ1v) is 10.4. The quantitative estimate of drug-likeness (QED) is 0.788. The van der Waals surface area contributed by atoms with Crippen LogP contribution in [-0.4, -0.2) is 35.3 Å². The van der Waals surface area contributed by atoms with Gasteiger partial charge in [-0.2, -0.15) is 0 Å². The minimum absolute atomic E-state index is 0.112. The lowest BCUT2D eigenvalue weighted by molar-refractivity contribution is -0.136. The molecule has 2 N–H and O–H groups in total. The van der Waals surface area contributed by atoms with E-state index in [9.17, 15) is 14.4 Å². The number of carbonyl (C=O) groups excluding carboxylic acids is 3. The van der Waals surface area contributed by atoms with Gasteiger partial charge in [0.05, 0.1) is 0 Å². The molecule has 0 radical (unpaired) electrons. The summed E-state index contributed by atoms with van der Waals surface area (Å²) in [4.78, 5) is 39.6. The lowest BCUT2D eigenvalue weighted by atomic mass is 9.76. The molecule has 1 aromatic carbocycles. The van der Waals surface area contributed by atoms with Crippen LogP contribution in [0.2, 0.25) is 0 Å². The number of benzene rings is 1. The van der Waals surface area contributed by atoms with Gasteiger partial charge in [-0.1, -0.05) is 51.0 Å². The van der Waals surface area contributed by atoms with Gasteiger partial charge in [0.2, 0.25) is 5.91 Å². The molecule has 1 aliphatic heterocycles. The molecule has 4 atom stereocenters. The normalized spacial score (nSPS) is 32.2. The topological polar surface area (TPSA) is 78.5 Å². The number of urea groups is 1. The van der Waals surface area contributed by atoms with E-state index >= 15 is 0 Å². The van der Waals surface area contributed by atoms with Crippen molar-refractivity contribution in [2.24, 2.45) is 11.8 Å². The zero-order valence-corrected chi connectivity index (χ0v) is 16.7. The van der Waals surface area contributed by atoms with Crippen LogP contribution in [0.4, 0.5) is 4.79 Å². The first-order valence-electron chi connectivity index (χ1n) is 10.4. The molecular formula is C22H29N3O3. The van der Waals surface area contributed by atoms with Gasteiger partial charge in [0.25, 0.3) is 5.91 Å². The summed E-state index contributed by atoms with van der Waals surface area (Å²) in [6.45, 7) is 4.16. The molecule has 1 saturated carbocycles. The number of nitrogens with one attached hydrogen (secondary N) is 2. The van der Waals surface area contributed by atoms with Crippen molar-refractivity contribution in [1.29, 1.82) is 0 Å². The Labute approximate surface area is 166 Å². The minimum Gasteiger partial charge on any atom is -0.352 e. The number of nitrogens with zero attached hydrogens (tertiary/aromatic N) is 1. The van der Waals surface area contributed by atoms with Gasteiger partial charge in [0, 0.05) is 6.04 Å². The fraction of sp³-hybridized carbons (Fsp3) is 0.591. The maximum Gasteiger partial charge on any atom is 0.325 e. The third-order valence-corrected chi connectivity index (χ3v) is 7.01. The van der Waals surface area contributed by atoms with Crippen LogP contribution >= 0.6 is 0 Å². The Bertz CT molecular complexity index is 808. The van der Waals surface area contributed by atoms with Gasteiger partial charge in [0.15, 0.2) is 0 Å². The number of carbonyl (C=O) groups is 3. The van der Waals surface area contributed by atoms with Crippen molar-refractivity contribution in [2.75, 3.05) is 6.54 Å². The number of fused-ring (bicyclic) bond motifs is 2. The summed E-state index contributed by atoms with van der Waals surface area (Å²) >= 11 is 0. The smallest absolute Gasteiger partial charge is 0.325 e. The molecule has 0 aromatic heterocycles. The molecule has 0 unspecified atom stereocenters. The average Bonchev–Trinajstić information content (AvgIpc) is 2.91. The molecule has 28 heavy (non-hydrogen) atoms. The highest BCUT2D eigenvalue weighted by atomic mass is 16.2. The Morgan fingerprint density at radius 1 is 1.21 bits per heavy atom. The van der Waals surface area contributed by atoms with Gasteiger partial charge < -0.3 is 10.6 Å². The Balaban J connectivity index is 1.49. The van der Waals surface area contributed by atoms with Crippen LogP contribution in [0, 0.1) is 11.8 Å². The van der Waals surface area contributed by atoms with E-state index in [4.69, 9.17) is 0 Å². The molecule has 6 nitrogen and oxygen atoms in total. The summed E-state index contributed by atoms with van der Waals surface area (Å²) in [6, 6.07) is 7.42. The molecule has 1 saturated heterocycles. The number of imide groups is 1. The van der Waals surface area contributed by atoms with Gasteiger partial charge >= 0.3 is 6.03 Å². The molecule has 2 fully saturated rings. The van der Waals surface area contributed by atoms with Crippen LogP contribution in [0.5, 0.6) is 0 Å². The number of amides is 4. The SMILES string of the molecule is C[C@@H]1[C@H](C)CCC[C@H]1NC(=O)CN1C(=O)N[C@]2(CCCc3ccccc32)C1=O. The molecule has 3 aliphatic rings. The Kier molecular flexibility index (Phi) is 4.89. The van der Waals surface area contributed by atoms with Gasteiger partial charge in [-0.3, -0.25) is 14.5 Å². The molecule has 1 heterocycles. The highest BCUT2D eigenvalue weighted by Crippen LogP contribution is 2.39. The lowest BCUT2D eigenvalue weighted by Crippen LogP contribution is -2.49. The monoisotopic (exact) mass is 383 g/mol. The van der Waals surface area contributed by atoms with Crippen molar-refractivity contribution in [3.8, 4) is 0 Å². The van der Waals surface area contributed by atoms with Crippen LogP contribution in [0.3, 0.4) is 0 Å². The largest absolute Gasteiger partial charge is 0.352 e. The van der Waals surface area contributed by atoms with Crippen molar-refractivity contribution in [2.45, 2.75) is 64.0 Å². The van der Waals surface area contributed by atoms with Gasteiger partial charge in [-0.25, -0.2) is 4.79 Å². The molecular weight excluding hydrogens is 354 g/mol. The number of hydrogen-bond acceptors (Lipinski definition) is 3. The molecule has 1 aromatic rings. The van der Waals surface area contributed by atoms with E-state index in [1.54, 1.807) is 0 Å². The van der Waals surface area contributed by atoms with Crippen molar-refractivity contribution in [1.82, 2.24) is 15.5 Å². The Morgan fingerprint density at radius 2 is 2.00 bits per heavy atom. The highest BCUT2D eigenvalue weighted by molar-refractivity contribution is 6.09. The van der Waals surface area contributed by atoms with Crippen LogP contribution in [0.15, 0.2) is 24.3 Å². The van der Waals surface area contributed by atoms with E-state index in [2.05, 4.69) is 24.5 Å². The second kappa shape index (κ2) is 7.22. The van der Waals surface area contributed by atoms with E-state index in [-0.39, 0.29) is 24.4 Å². The van der Waals surface area contributed by atoms with E-state index < -0.39 is 11.6 Å². The van der Waals surface area contributed by atoms with E-state index in [1.165, 1.54) is 6.42 Å². The zero-order valence-electron chi connectivity index (χ0n) is 16.7. The third-order valence-electron chi connectivity index (χ3n) is 7.01. The standard InChI is InChI=1S/C22H29N3O3/c1-14-7-5-11-18(15(14)2)23-19(26)13-25-20(27)22(24-21(25)28)12-6-9-16-8-3-4-10-17(16)22/h3-4,8,10,14-15,18H,5-7,9,11-13H2,1-2H3,(H,23,26)(H,24,28)/t14-,15-,18-,22+/m1/s1. The first kappa shape index (κ1) is 19.0. The molecule has 4 amide bonds. The van der Waals surface area contributed by atoms with Crippen molar-refractivity contribution in [3.05, 3.63) is 35.4 Å². The molecule has 6 heteroatoms. The average molecular weight is 383 g/mol. The summed E-state index contributed by atoms with van der Waals surface area (Å²) in [5.74, 6) is 0.413. The predicted molar refractivity (Wildman–Crippen MR) is 105 cm³/mol.